The van der Waals surface area contributed by atoms with Crippen molar-refractivity contribution in [2.45, 2.75) is 46.1 Å². The molecule has 1 aromatic carbocycles. The number of aryl methyl sites for hydroxylation is 1. The summed E-state index contributed by atoms with van der Waals surface area (Å²) >= 11 is 0. The predicted octanol–water partition coefficient (Wildman–Crippen LogP) is 2.41. The lowest BCUT2D eigenvalue weighted by Crippen LogP contribution is -2.47. The van der Waals surface area contributed by atoms with E-state index in [0.29, 0.717) is 62.6 Å². The maximum absolute atomic E-state index is 13.1. The van der Waals surface area contributed by atoms with Crippen LogP contribution in [-0.2, 0) is 28.9 Å². The molecule has 0 bridgehead atoms. The zero-order valence-electron chi connectivity index (χ0n) is 23.9. The van der Waals surface area contributed by atoms with Crippen LogP contribution in [0.25, 0.3) is 0 Å². The van der Waals surface area contributed by atoms with Gasteiger partial charge in [0.15, 0.2) is 0 Å². The summed E-state index contributed by atoms with van der Waals surface area (Å²) in [5.41, 5.74) is 3.44. The van der Waals surface area contributed by atoms with Crippen LogP contribution in [0.3, 0.4) is 0 Å². The van der Waals surface area contributed by atoms with Gasteiger partial charge in [0.1, 0.15) is 5.69 Å². The lowest BCUT2D eigenvalue weighted by molar-refractivity contribution is 0.0160. The Bertz CT molecular complexity index is 1240. The van der Waals surface area contributed by atoms with Gasteiger partial charge in [-0.25, -0.2) is 4.79 Å². The first-order valence-corrected chi connectivity index (χ1v) is 14.5. The molecular weight excluding hydrogens is 510 g/mol. The first-order valence-electron chi connectivity index (χ1n) is 14.5. The van der Waals surface area contributed by atoms with Crippen molar-refractivity contribution >= 4 is 17.8 Å². The first kappa shape index (κ1) is 28.3. The van der Waals surface area contributed by atoms with Crippen molar-refractivity contribution in [2.24, 2.45) is 11.3 Å². The number of fused-ring (bicyclic) bond motifs is 1. The number of hydrogen-bond donors (Lipinski definition) is 1. The van der Waals surface area contributed by atoms with Crippen LogP contribution in [-0.4, -0.2) is 97.0 Å². The van der Waals surface area contributed by atoms with Crippen LogP contribution < -0.4 is 5.32 Å². The molecule has 0 saturated carbocycles. The topological polar surface area (TPSA) is 106 Å². The van der Waals surface area contributed by atoms with E-state index in [-0.39, 0.29) is 29.8 Å². The van der Waals surface area contributed by atoms with E-state index in [1.54, 1.807) is 28.9 Å². The second kappa shape index (κ2) is 12.1. The minimum Gasteiger partial charge on any atom is -0.462 e. The molecule has 216 valence electrons. The average molecular weight is 552 g/mol. The number of aromatic nitrogens is 2. The van der Waals surface area contributed by atoms with Crippen molar-refractivity contribution in [3.8, 4) is 0 Å². The van der Waals surface area contributed by atoms with Crippen LogP contribution in [0.2, 0.25) is 0 Å². The van der Waals surface area contributed by atoms with E-state index >= 15 is 0 Å². The molecule has 0 aliphatic carbocycles. The number of benzene rings is 1. The van der Waals surface area contributed by atoms with Gasteiger partial charge in [-0.1, -0.05) is 13.0 Å². The van der Waals surface area contributed by atoms with E-state index in [1.165, 1.54) is 0 Å². The third kappa shape index (κ3) is 6.07. The minimum absolute atomic E-state index is 0.000337. The monoisotopic (exact) mass is 551 g/mol. The molecule has 10 heteroatoms. The molecule has 1 spiro atoms. The SMILES string of the molecule is CCn1nc(CC(C)COC(=O)c2cccc(C(=O)N3CCN(C)CC3)c2)c2c1C(=O)NCC1(CCOCC1)C2. The fourth-order valence-corrected chi connectivity index (χ4v) is 5.99. The van der Waals surface area contributed by atoms with Crippen molar-refractivity contribution in [2.75, 3.05) is 59.6 Å². The highest BCUT2D eigenvalue weighted by Crippen LogP contribution is 2.38. The number of carbonyl (C=O) groups is 3. The van der Waals surface area contributed by atoms with Gasteiger partial charge in [0.25, 0.3) is 11.8 Å². The molecule has 1 N–H and O–H groups in total. The second-order valence-electron chi connectivity index (χ2n) is 11.6. The summed E-state index contributed by atoms with van der Waals surface area (Å²) in [6.07, 6.45) is 3.21. The molecule has 4 heterocycles. The van der Waals surface area contributed by atoms with Gasteiger partial charge in [0, 0.05) is 63.6 Å². The number of carbonyl (C=O) groups excluding carboxylic acids is 3. The maximum Gasteiger partial charge on any atom is 0.338 e. The van der Waals surface area contributed by atoms with Gasteiger partial charge in [-0.2, -0.15) is 5.10 Å². The molecule has 2 saturated heterocycles. The number of nitrogens with zero attached hydrogens (tertiary/aromatic N) is 4. The Kier molecular flexibility index (Phi) is 8.56. The zero-order chi connectivity index (χ0) is 28.3. The third-order valence-corrected chi connectivity index (χ3v) is 8.55. The number of esters is 1. The fourth-order valence-electron chi connectivity index (χ4n) is 5.99. The Morgan fingerprint density at radius 2 is 1.88 bits per heavy atom. The first-order chi connectivity index (χ1) is 19.3. The van der Waals surface area contributed by atoms with Crippen molar-refractivity contribution < 1.29 is 23.9 Å². The van der Waals surface area contributed by atoms with E-state index in [9.17, 15) is 14.4 Å². The summed E-state index contributed by atoms with van der Waals surface area (Å²) in [6.45, 7) is 9.94. The predicted molar refractivity (Wildman–Crippen MR) is 149 cm³/mol. The Hall–Kier alpha value is -3.24. The van der Waals surface area contributed by atoms with Crippen LogP contribution in [0.1, 0.15) is 69.2 Å². The molecule has 3 aliphatic heterocycles. The number of amides is 2. The quantitative estimate of drug-likeness (QED) is 0.527. The molecule has 1 aromatic heterocycles. The Morgan fingerprint density at radius 3 is 2.60 bits per heavy atom. The Morgan fingerprint density at radius 1 is 1.15 bits per heavy atom. The summed E-state index contributed by atoms with van der Waals surface area (Å²) in [6, 6.07) is 6.79. The molecule has 2 fully saturated rings. The number of likely N-dealkylation sites (N-methyl/N-ethyl adjacent to an activating group) is 1. The van der Waals surface area contributed by atoms with Gasteiger partial charge < -0.3 is 24.6 Å². The highest BCUT2D eigenvalue weighted by molar-refractivity contribution is 5.98. The van der Waals surface area contributed by atoms with Gasteiger partial charge in [-0.05, 0) is 69.2 Å². The fraction of sp³-hybridized carbons (Fsp3) is 0.600. The standard InChI is InChI=1S/C30H41N5O5/c1-4-35-26-24(18-30(20-31-27(26)36)8-14-39-15-9-30)25(32-35)16-21(2)19-40-29(38)23-7-5-6-22(17-23)28(37)34-12-10-33(3)11-13-34/h5-7,17,21H,4,8-16,18-20H2,1-3H3,(H,31,36). The third-order valence-electron chi connectivity index (χ3n) is 8.55. The largest absolute Gasteiger partial charge is 0.462 e. The van der Waals surface area contributed by atoms with Crippen LogP contribution in [0, 0.1) is 11.3 Å². The molecule has 3 aliphatic rings. The minimum atomic E-state index is -0.446. The van der Waals surface area contributed by atoms with Gasteiger partial charge >= 0.3 is 5.97 Å². The molecule has 2 aromatic rings. The highest BCUT2D eigenvalue weighted by atomic mass is 16.5. The van der Waals surface area contributed by atoms with Gasteiger partial charge in [-0.15, -0.1) is 0 Å². The number of nitrogens with one attached hydrogen (secondary N) is 1. The second-order valence-corrected chi connectivity index (χ2v) is 11.6. The zero-order valence-corrected chi connectivity index (χ0v) is 23.9. The summed E-state index contributed by atoms with van der Waals surface area (Å²) in [5, 5.41) is 7.97. The summed E-state index contributed by atoms with van der Waals surface area (Å²) in [4.78, 5) is 43.0. The van der Waals surface area contributed by atoms with E-state index < -0.39 is 5.97 Å². The molecule has 2 amide bonds. The van der Waals surface area contributed by atoms with Crippen molar-refractivity contribution in [3.05, 3.63) is 52.3 Å². The van der Waals surface area contributed by atoms with E-state index in [2.05, 4.69) is 10.2 Å². The molecule has 1 unspecified atom stereocenters. The van der Waals surface area contributed by atoms with Gasteiger partial charge in [0.2, 0.25) is 0 Å². The molecule has 1 atom stereocenters. The number of ether oxygens (including phenoxy) is 2. The summed E-state index contributed by atoms with van der Waals surface area (Å²) in [7, 11) is 2.05. The van der Waals surface area contributed by atoms with E-state index in [4.69, 9.17) is 14.6 Å². The average Bonchev–Trinajstić information content (AvgIpc) is 3.24. The lowest BCUT2D eigenvalue weighted by Gasteiger charge is -2.36. The Labute approximate surface area is 236 Å². The summed E-state index contributed by atoms with van der Waals surface area (Å²) < 4.78 is 13.1. The van der Waals surface area contributed by atoms with Crippen LogP contribution >= 0.6 is 0 Å². The highest BCUT2D eigenvalue weighted by Gasteiger charge is 2.39. The van der Waals surface area contributed by atoms with Crippen LogP contribution in [0.5, 0.6) is 0 Å². The number of rotatable bonds is 7. The Balaban J connectivity index is 1.24. The van der Waals surface area contributed by atoms with Crippen molar-refractivity contribution in [1.82, 2.24) is 24.9 Å². The maximum atomic E-state index is 13.1. The van der Waals surface area contributed by atoms with E-state index in [1.807, 2.05) is 25.8 Å². The van der Waals surface area contributed by atoms with Gasteiger partial charge in [-0.3, -0.25) is 14.3 Å². The normalized spacial score (nSPS) is 20.0. The molecule has 5 rings (SSSR count). The van der Waals surface area contributed by atoms with Crippen LogP contribution in [0.15, 0.2) is 24.3 Å². The molecular formula is C30H41N5O5. The summed E-state index contributed by atoms with van der Waals surface area (Å²) in [5.74, 6) is -0.572. The van der Waals surface area contributed by atoms with Crippen LogP contribution in [0.4, 0.5) is 0 Å². The van der Waals surface area contributed by atoms with Crippen molar-refractivity contribution in [3.63, 3.8) is 0 Å². The van der Waals surface area contributed by atoms with Gasteiger partial charge in [0.05, 0.1) is 17.9 Å². The van der Waals surface area contributed by atoms with Crippen molar-refractivity contribution in [1.29, 1.82) is 0 Å². The number of piperazine rings is 1. The van der Waals surface area contributed by atoms with E-state index in [0.717, 1.165) is 43.6 Å². The molecule has 40 heavy (non-hydrogen) atoms. The smallest absolute Gasteiger partial charge is 0.338 e. The number of hydrogen-bond acceptors (Lipinski definition) is 7. The lowest BCUT2D eigenvalue weighted by atomic mass is 9.75. The molecule has 10 nitrogen and oxygen atoms in total. The molecule has 0 radical (unpaired) electrons.